The topological polar surface area (TPSA) is 46.2 Å². The summed E-state index contributed by atoms with van der Waals surface area (Å²) in [6.45, 7) is 8.21. The Morgan fingerprint density at radius 3 is 2.12 bits per heavy atom. The molecule has 4 atom stereocenters. The molecule has 17 heavy (non-hydrogen) atoms. The maximum atomic E-state index is 5.85. The molecule has 0 bridgehead atoms. The molecular formula is C12H20O5. The molecule has 0 aromatic heterocycles. The lowest BCUT2D eigenvalue weighted by Crippen LogP contribution is -2.33. The van der Waals surface area contributed by atoms with Crippen molar-refractivity contribution >= 4 is 0 Å². The molecule has 3 heterocycles. The molecule has 0 aromatic rings. The summed E-state index contributed by atoms with van der Waals surface area (Å²) in [6, 6.07) is 0. The number of rotatable bonds is 1. The highest BCUT2D eigenvalue weighted by molar-refractivity contribution is 4.90. The highest BCUT2D eigenvalue weighted by Crippen LogP contribution is 2.40. The van der Waals surface area contributed by atoms with E-state index < -0.39 is 11.6 Å². The van der Waals surface area contributed by atoms with Gasteiger partial charge in [0.15, 0.2) is 17.9 Å². The van der Waals surface area contributed by atoms with Crippen LogP contribution in [0.4, 0.5) is 0 Å². The Morgan fingerprint density at radius 1 is 0.824 bits per heavy atom. The Labute approximate surface area is 101 Å². The van der Waals surface area contributed by atoms with Crippen molar-refractivity contribution in [3.63, 3.8) is 0 Å². The standard InChI is InChI=1S/C12H20O5/c1-11(2)13-6-9(16-11)7-5-8-10(14-7)17-12(3,4)15-8/h7-10H,5-6H2,1-4H3/t7-,8+,9+,10+/m0/s1. The van der Waals surface area contributed by atoms with Crippen molar-refractivity contribution in [3.05, 3.63) is 0 Å². The molecule has 0 N–H and O–H groups in total. The van der Waals surface area contributed by atoms with Crippen molar-refractivity contribution in [1.82, 2.24) is 0 Å². The van der Waals surface area contributed by atoms with E-state index in [2.05, 4.69) is 0 Å². The van der Waals surface area contributed by atoms with Crippen molar-refractivity contribution in [3.8, 4) is 0 Å². The third kappa shape index (κ3) is 2.22. The largest absolute Gasteiger partial charge is 0.348 e. The summed E-state index contributed by atoms with van der Waals surface area (Å²) in [4.78, 5) is 0. The third-order valence-corrected chi connectivity index (χ3v) is 3.36. The molecule has 3 aliphatic heterocycles. The molecule has 3 fully saturated rings. The number of hydrogen-bond donors (Lipinski definition) is 0. The molecule has 0 spiro atoms. The average molecular weight is 244 g/mol. The predicted octanol–water partition coefficient (Wildman–Crippen LogP) is 1.40. The van der Waals surface area contributed by atoms with Gasteiger partial charge in [0.2, 0.25) is 0 Å². The lowest BCUT2D eigenvalue weighted by Gasteiger charge is -2.23. The normalized spacial score (nSPS) is 47.3. The Morgan fingerprint density at radius 2 is 1.53 bits per heavy atom. The second kappa shape index (κ2) is 3.65. The Kier molecular flexibility index (Phi) is 2.55. The van der Waals surface area contributed by atoms with Crippen LogP contribution in [0, 0.1) is 0 Å². The summed E-state index contributed by atoms with van der Waals surface area (Å²) in [7, 11) is 0. The van der Waals surface area contributed by atoms with Crippen LogP contribution in [0.25, 0.3) is 0 Å². The third-order valence-electron chi connectivity index (χ3n) is 3.36. The maximum Gasteiger partial charge on any atom is 0.187 e. The molecule has 5 nitrogen and oxygen atoms in total. The summed E-state index contributed by atoms with van der Waals surface area (Å²) in [5.74, 6) is -1.04. The molecule has 3 rings (SSSR count). The SMILES string of the molecule is CC1(C)O[C@H]2O[C@H]([C@H]3COC(C)(C)O3)C[C@H]2O1. The minimum atomic E-state index is -0.535. The highest BCUT2D eigenvalue weighted by Gasteiger charge is 2.52. The first kappa shape index (κ1) is 11.9. The van der Waals surface area contributed by atoms with Gasteiger partial charge in [-0.25, -0.2) is 0 Å². The van der Waals surface area contributed by atoms with Crippen LogP contribution in [0.1, 0.15) is 34.1 Å². The number of fused-ring (bicyclic) bond motifs is 1. The van der Waals surface area contributed by atoms with Gasteiger partial charge in [0.25, 0.3) is 0 Å². The molecule has 0 saturated carbocycles. The van der Waals surface area contributed by atoms with Gasteiger partial charge in [-0.15, -0.1) is 0 Å². The van der Waals surface area contributed by atoms with Crippen LogP contribution >= 0.6 is 0 Å². The van der Waals surface area contributed by atoms with Crippen LogP contribution in [0.5, 0.6) is 0 Å². The first-order valence-electron chi connectivity index (χ1n) is 6.18. The molecule has 0 amide bonds. The lowest BCUT2D eigenvalue weighted by molar-refractivity contribution is -0.220. The van der Waals surface area contributed by atoms with Gasteiger partial charge in [0.1, 0.15) is 12.2 Å². The summed E-state index contributed by atoms with van der Waals surface area (Å²) < 4.78 is 28.6. The van der Waals surface area contributed by atoms with Crippen molar-refractivity contribution in [2.24, 2.45) is 0 Å². The van der Waals surface area contributed by atoms with E-state index in [4.69, 9.17) is 23.7 Å². The van der Waals surface area contributed by atoms with E-state index in [0.717, 1.165) is 6.42 Å². The van der Waals surface area contributed by atoms with Crippen LogP contribution in [-0.4, -0.2) is 42.8 Å². The fourth-order valence-corrected chi connectivity index (χ4v) is 2.67. The van der Waals surface area contributed by atoms with Crippen molar-refractivity contribution in [2.75, 3.05) is 6.61 Å². The minimum Gasteiger partial charge on any atom is -0.348 e. The summed E-state index contributed by atoms with van der Waals surface area (Å²) >= 11 is 0. The second-order valence-corrected chi connectivity index (χ2v) is 5.82. The first-order chi connectivity index (χ1) is 7.85. The highest BCUT2D eigenvalue weighted by atomic mass is 16.8. The summed E-state index contributed by atoms with van der Waals surface area (Å²) in [5, 5.41) is 0. The molecule has 0 unspecified atom stereocenters. The fraction of sp³-hybridized carbons (Fsp3) is 1.00. The molecular weight excluding hydrogens is 224 g/mol. The van der Waals surface area contributed by atoms with Crippen molar-refractivity contribution in [1.29, 1.82) is 0 Å². The average Bonchev–Trinajstić information content (AvgIpc) is 2.75. The van der Waals surface area contributed by atoms with E-state index in [-0.39, 0.29) is 24.6 Å². The monoisotopic (exact) mass is 244 g/mol. The minimum absolute atomic E-state index is 0.00266. The van der Waals surface area contributed by atoms with Crippen molar-refractivity contribution < 1.29 is 23.7 Å². The smallest absolute Gasteiger partial charge is 0.187 e. The maximum absolute atomic E-state index is 5.85. The van der Waals surface area contributed by atoms with Gasteiger partial charge in [-0.2, -0.15) is 0 Å². The lowest BCUT2D eigenvalue weighted by atomic mass is 10.1. The van der Waals surface area contributed by atoms with Gasteiger partial charge in [0.05, 0.1) is 12.7 Å². The molecule has 98 valence electrons. The Balaban J connectivity index is 1.60. The van der Waals surface area contributed by atoms with Crippen LogP contribution in [0.3, 0.4) is 0 Å². The van der Waals surface area contributed by atoms with E-state index in [1.807, 2.05) is 27.7 Å². The van der Waals surface area contributed by atoms with Gasteiger partial charge in [0, 0.05) is 6.42 Å². The quantitative estimate of drug-likeness (QED) is 0.697. The van der Waals surface area contributed by atoms with Crippen LogP contribution in [-0.2, 0) is 23.7 Å². The van der Waals surface area contributed by atoms with Crippen LogP contribution < -0.4 is 0 Å². The zero-order valence-corrected chi connectivity index (χ0v) is 10.8. The Bertz CT molecular complexity index is 298. The molecule has 5 heteroatoms. The first-order valence-corrected chi connectivity index (χ1v) is 6.18. The van der Waals surface area contributed by atoms with Gasteiger partial charge in [-0.3, -0.25) is 0 Å². The van der Waals surface area contributed by atoms with Crippen LogP contribution in [0.15, 0.2) is 0 Å². The molecule has 0 aliphatic carbocycles. The molecule has 3 aliphatic rings. The van der Waals surface area contributed by atoms with Gasteiger partial charge in [-0.05, 0) is 27.7 Å². The molecule has 0 radical (unpaired) electrons. The zero-order valence-electron chi connectivity index (χ0n) is 10.8. The van der Waals surface area contributed by atoms with E-state index in [1.54, 1.807) is 0 Å². The van der Waals surface area contributed by atoms with Crippen LogP contribution in [0.2, 0.25) is 0 Å². The predicted molar refractivity (Wildman–Crippen MR) is 58.2 cm³/mol. The van der Waals surface area contributed by atoms with Gasteiger partial charge < -0.3 is 23.7 Å². The molecule has 3 saturated heterocycles. The van der Waals surface area contributed by atoms with E-state index in [9.17, 15) is 0 Å². The fourth-order valence-electron chi connectivity index (χ4n) is 2.67. The Hall–Kier alpha value is -0.200. The van der Waals surface area contributed by atoms with E-state index in [0.29, 0.717) is 6.61 Å². The summed E-state index contributed by atoms with van der Waals surface area (Å²) in [6.07, 6.45) is 0.538. The zero-order chi connectivity index (χ0) is 12.3. The summed E-state index contributed by atoms with van der Waals surface area (Å²) in [5.41, 5.74) is 0. The van der Waals surface area contributed by atoms with Crippen molar-refractivity contribution in [2.45, 2.75) is 70.3 Å². The van der Waals surface area contributed by atoms with Gasteiger partial charge in [-0.1, -0.05) is 0 Å². The second-order valence-electron chi connectivity index (χ2n) is 5.82. The van der Waals surface area contributed by atoms with E-state index >= 15 is 0 Å². The van der Waals surface area contributed by atoms with E-state index in [1.165, 1.54) is 0 Å². The van der Waals surface area contributed by atoms with Gasteiger partial charge >= 0.3 is 0 Å². The number of hydrogen-bond acceptors (Lipinski definition) is 5. The molecule has 0 aromatic carbocycles. The number of ether oxygens (including phenoxy) is 5.